The largest absolute Gasteiger partial charge is 0.462 e. The summed E-state index contributed by atoms with van der Waals surface area (Å²) >= 11 is 4.06. The molecule has 0 radical (unpaired) electrons. The van der Waals surface area contributed by atoms with E-state index in [1.807, 2.05) is 0 Å². The molecule has 2 aromatic heterocycles. The number of thiophene rings is 1. The van der Waals surface area contributed by atoms with Crippen LogP contribution in [0.5, 0.6) is 0 Å². The lowest BCUT2D eigenvalue weighted by Crippen LogP contribution is -2.06. The molecule has 0 aliphatic carbocycles. The van der Waals surface area contributed by atoms with Crippen molar-refractivity contribution in [2.45, 2.75) is 13.1 Å². The van der Waals surface area contributed by atoms with Crippen molar-refractivity contribution < 1.29 is 22.7 Å². The second-order valence-corrected chi connectivity index (χ2v) is 5.30. The number of ether oxygens (including phenoxy) is 1. The lowest BCUT2D eigenvalue weighted by molar-refractivity contribution is -0.140. The van der Waals surface area contributed by atoms with E-state index in [1.54, 1.807) is 6.92 Å². The minimum atomic E-state index is -4.51. The number of carbonyl (C=O) groups excluding carboxylic acids is 1. The summed E-state index contributed by atoms with van der Waals surface area (Å²) in [5.74, 6) is -0.578. The van der Waals surface area contributed by atoms with E-state index in [9.17, 15) is 18.0 Å². The van der Waals surface area contributed by atoms with Crippen LogP contribution in [0, 0.1) is 0 Å². The zero-order valence-electron chi connectivity index (χ0n) is 9.55. The Hall–Kier alpha value is -1.15. The molecule has 2 heterocycles. The first kappa shape index (κ1) is 14.3. The molecule has 0 bridgehead atoms. The Morgan fingerprint density at radius 1 is 1.47 bits per heavy atom. The summed E-state index contributed by atoms with van der Waals surface area (Å²) in [6, 6.07) is 2.17. The molecule has 2 aromatic rings. The van der Waals surface area contributed by atoms with Crippen molar-refractivity contribution in [2.75, 3.05) is 6.61 Å². The lowest BCUT2D eigenvalue weighted by Gasteiger charge is -2.04. The van der Waals surface area contributed by atoms with Crippen LogP contribution in [0.4, 0.5) is 13.2 Å². The van der Waals surface area contributed by atoms with E-state index in [2.05, 4.69) is 20.9 Å². The molecular weight excluding hydrogens is 347 g/mol. The number of nitrogens with zero attached hydrogens (tertiary/aromatic N) is 1. The molecule has 102 valence electrons. The van der Waals surface area contributed by atoms with Gasteiger partial charge in [0.25, 0.3) is 0 Å². The fraction of sp³-hybridized carbons (Fsp3) is 0.273. The zero-order valence-corrected chi connectivity index (χ0v) is 11.9. The van der Waals surface area contributed by atoms with Gasteiger partial charge in [-0.15, -0.1) is 11.3 Å². The van der Waals surface area contributed by atoms with Crippen molar-refractivity contribution in [3.05, 3.63) is 27.2 Å². The predicted octanol–water partition coefficient (Wildman–Crippen LogP) is 4.25. The molecule has 0 amide bonds. The van der Waals surface area contributed by atoms with E-state index in [0.717, 1.165) is 17.4 Å². The SMILES string of the molecule is CCOC(=O)c1sc2nc(C(F)(F)F)ccc2c1Br. The molecule has 0 N–H and O–H groups in total. The summed E-state index contributed by atoms with van der Waals surface area (Å²) in [6.07, 6.45) is -4.51. The quantitative estimate of drug-likeness (QED) is 0.757. The van der Waals surface area contributed by atoms with E-state index >= 15 is 0 Å². The number of halogens is 4. The molecule has 0 saturated heterocycles. The molecule has 3 nitrogen and oxygen atoms in total. The Balaban J connectivity index is 2.54. The van der Waals surface area contributed by atoms with Gasteiger partial charge in [-0.2, -0.15) is 13.2 Å². The number of alkyl halides is 3. The number of esters is 1. The van der Waals surface area contributed by atoms with Crippen LogP contribution in [-0.4, -0.2) is 17.6 Å². The van der Waals surface area contributed by atoms with Gasteiger partial charge < -0.3 is 4.74 Å². The van der Waals surface area contributed by atoms with Crippen LogP contribution in [-0.2, 0) is 10.9 Å². The van der Waals surface area contributed by atoms with Gasteiger partial charge in [-0.1, -0.05) is 0 Å². The molecule has 0 unspecified atom stereocenters. The molecule has 0 aliphatic heterocycles. The highest BCUT2D eigenvalue weighted by molar-refractivity contribution is 9.10. The van der Waals surface area contributed by atoms with Crippen molar-refractivity contribution in [3.8, 4) is 0 Å². The van der Waals surface area contributed by atoms with Gasteiger partial charge in [-0.05, 0) is 35.0 Å². The first-order valence-corrected chi connectivity index (χ1v) is 6.79. The number of pyridine rings is 1. The maximum Gasteiger partial charge on any atom is 0.433 e. The second-order valence-electron chi connectivity index (χ2n) is 3.51. The van der Waals surface area contributed by atoms with E-state index in [4.69, 9.17) is 4.74 Å². The summed E-state index contributed by atoms with van der Waals surface area (Å²) in [6.45, 7) is 1.85. The third-order valence-electron chi connectivity index (χ3n) is 2.25. The van der Waals surface area contributed by atoms with Crippen LogP contribution in [0.3, 0.4) is 0 Å². The van der Waals surface area contributed by atoms with E-state index < -0.39 is 17.8 Å². The number of carbonyl (C=O) groups is 1. The number of hydrogen-bond donors (Lipinski definition) is 0. The first-order chi connectivity index (χ1) is 8.84. The summed E-state index contributed by atoms with van der Waals surface area (Å²) in [5.41, 5.74) is -0.982. The summed E-state index contributed by atoms with van der Waals surface area (Å²) in [7, 11) is 0. The Labute approximate surface area is 118 Å². The highest BCUT2D eigenvalue weighted by Gasteiger charge is 2.33. The number of hydrogen-bond acceptors (Lipinski definition) is 4. The fourth-order valence-electron chi connectivity index (χ4n) is 1.43. The van der Waals surface area contributed by atoms with Gasteiger partial charge in [0.05, 0.1) is 11.1 Å². The summed E-state index contributed by atoms with van der Waals surface area (Å²) < 4.78 is 42.9. The average molecular weight is 354 g/mol. The van der Waals surface area contributed by atoms with Crippen LogP contribution in [0.1, 0.15) is 22.3 Å². The minimum absolute atomic E-state index is 0.143. The molecular formula is C11H7BrF3NO2S. The van der Waals surface area contributed by atoms with Crippen molar-refractivity contribution in [1.29, 1.82) is 0 Å². The van der Waals surface area contributed by atoms with E-state index in [0.29, 0.717) is 9.86 Å². The first-order valence-electron chi connectivity index (χ1n) is 5.18. The maximum absolute atomic E-state index is 12.5. The van der Waals surface area contributed by atoms with Gasteiger partial charge in [0.15, 0.2) is 0 Å². The molecule has 0 aromatic carbocycles. The van der Waals surface area contributed by atoms with Gasteiger partial charge in [0.1, 0.15) is 15.4 Å². The van der Waals surface area contributed by atoms with Gasteiger partial charge in [-0.25, -0.2) is 9.78 Å². The van der Waals surface area contributed by atoms with Crippen LogP contribution in [0.15, 0.2) is 16.6 Å². The van der Waals surface area contributed by atoms with Gasteiger partial charge in [0, 0.05) is 5.39 Å². The van der Waals surface area contributed by atoms with Crippen LogP contribution < -0.4 is 0 Å². The van der Waals surface area contributed by atoms with Gasteiger partial charge in [-0.3, -0.25) is 0 Å². The average Bonchev–Trinajstić information content (AvgIpc) is 2.66. The standard InChI is InChI=1S/C11H7BrF3NO2S/c1-2-18-10(17)8-7(12)5-3-4-6(11(13,14)15)16-9(5)19-8/h3-4H,2H2,1H3. The van der Waals surface area contributed by atoms with Crippen LogP contribution in [0.25, 0.3) is 10.2 Å². The van der Waals surface area contributed by atoms with Crippen molar-refractivity contribution in [3.63, 3.8) is 0 Å². The zero-order chi connectivity index (χ0) is 14.2. The molecule has 8 heteroatoms. The molecule has 0 aliphatic rings. The minimum Gasteiger partial charge on any atom is -0.462 e. The molecule has 2 rings (SSSR count). The summed E-state index contributed by atoms with van der Waals surface area (Å²) in [5, 5.41) is 0.459. The van der Waals surface area contributed by atoms with Crippen LogP contribution in [0.2, 0.25) is 0 Å². The highest BCUT2D eigenvalue weighted by atomic mass is 79.9. The van der Waals surface area contributed by atoms with E-state index in [-0.39, 0.29) is 16.3 Å². The molecule has 19 heavy (non-hydrogen) atoms. The molecule has 0 fully saturated rings. The molecule has 0 spiro atoms. The van der Waals surface area contributed by atoms with E-state index in [1.165, 1.54) is 6.07 Å². The normalized spacial score (nSPS) is 11.8. The smallest absolute Gasteiger partial charge is 0.433 e. The monoisotopic (exact) mass is 353 g/mol. The van der Waals surface area contributed by atoms with Crippen molar-refractivity contribution in [2.24, 2.45) is 0 Å². The van der Waals surface area contributed by atoms with Crippen molar-refractivity contribution >= 4 is 43.5 Å². The Kier molecular flexibility index (Phi) is 3.82. The summed E-state index contributed by atoms with van der Waals surface area (Å²) in [4.78, 5) is 15.5. The van der Waals surface area contributed by atoms with Gasteiger partial charge in [0.2, 0.25) is 0 Å². The third kappa shape index (κ3) is 2.74. The third-order valence-corrected chi connectivity index (χ3v) is 4.41. The number of rotatable bonds is 2. The molecule has 0 saturated carbocycles. The maximum atomic E-state index is 12.5. The van der Waals surface area contributed by atoms with Gasteiger partial charge >= 0.3 is 12.1 Å². The highest BCUT2D eigenvalue weighted by Crippen LogP contribution is 2.37. The van der Waals surface area contributed by atoms with Crippen molar-refractivity contribution in [1.82, 2.24) is 4.98 Å². The topological polar surface area (TPSA) is 39.2 Å². The Morgan fingerprint density at radius 2 is 2.16 bits per heavy atom. The predicted molar refractivity (Wildman–Crippen MR) is 68.3 cm³/mol. The second kappa shape index (κ2) is 5.09. The fourth-order valence-corrected chi connectivity index (χ4v) is 3.25. The lowest BCUT2D eigenvalue weighted by atomic mass is 10.3. The Morgan fingerprint density at radius 3 is 2.74 bits per heavy atom. The van der Waals surface area contributed by atoms with Crippen LogP contribution >= 0.6 is 27.3 Å². The number of fused-ring (bicyclic) bond motifs is 1. The number of aromatic nitrogens is 1. The molecule has 0 atom stereocenters. The Bertz CT molecular complexity index is 639.